The standard InChI is InChI=1S/C11H21NO/c1-8(11(2,3)4)9-6-5-7-12-10(9)13/h8-9H,5-7H2,1-4H3,(H,12,13). The van der Waals surface area contributed by atoms with E-state index in [0.717, 1.165) is 19.4 Å². The maximum atomic E-state index is 11.6. The number of nitrogens with one attached hydrogen (secondary N) is 1. The van der Waals surface area contributed by atoms with Crippen LogP contribution >= 0.6 is 0 Å². The van der Waals surface area contributed by atoms with Crippen molar-refractivity contribution in [3.63, 3.8) is 0 Å². The van der Waals surface area contributed by atoms with Crippen molar-refractivity contribution < 1.29 is 4.79 Å². The highest BCUT2D eigenvalue weighted by Crippen LogP contribution is 2.34. The molecule has 13 heavy (non-hydrogen) atoms. The normalized spacial score (nSPS) is 26.8. The molecule has 0 aliphatic carbocycles. The molecule has 2 heteroatoms. The molecule has 0 aromatic heterocycles. The molecule has 2 unspecified atom stereocenters. The number of piperidine rings is 1. The fraction of sp³-hybridized carbons (Fsp3) is 0.909. The molecule has 2 atom stereocenters. The largest absolute Gasteiger partial charge is 0.356 e. The fourth-order valence-corrected chi connectivity index (χ4v) is 1.88. The van der Waals surface area contributed by atoms with Gasteiger partial charge in [-0.2, -0.15) is 0 Å². The van der Waals surface area contributed by atoms with Gasteiger partial charge in [-0.1, -0.05) is 27.7 Å². The zero-order chi connectivity index (χ0) is 10.1. The zero-order valence-electron chi connectivity index (χ0n) is 9.18. The third-order valence-electron chi connectivity index (χ3n) is 3.30. The first-order chi connectivity index (χ1) is 5.93. The van der Waals surface area contributed by atoms with Gasteiger partial charge in [-0.25, -0.2) is 0 Å². The van der Waals surface area contributed by atoms with Crippen LogP contribution < -0.4 is 5.32 Å². The van der Waals surface area contributed by atoms with E-state index in [1.54, 1.807) is 0 Å². The summed E-state index contributed by atoms with van der Waals surface area (Å²) in [5.41, 5.74) is 0.235. The van der Waals surface area contributed by atoms with Crippen molar-refractivity contribution in [1.82, 2.24) is 5.32 Å². The molecule has 1 aliphatic rings. The van der Waals surface area contributed by atoms with E-state index in [1.165, 1.54) is 0 Å². The lowest BCUT2D eigenvalue weighted by Crippen LogP contribution is -2.42. The summed E-state index contributed by atoms with van der Waals surface area (Å²) in [5.74, 6) is 0.954. The van der Waals surface area contributed by atoms with Gasteiger partial charge in [0, 0.05) is 12.5 Å². The first kappa shape index (κ1) is 10.6. The SMILES string of the molecule is CC(C1CCCNC1=O)C(C)(C)C. The Morgan fingerprint density at radius 3 is 2.54 bits per heavy atom. The third kappa shape index (κ3) is 2.45. The fourth-order valence-electron chi connectivity index (χ4n) is 1.88. The second-order valence-corrected chi connectivity index (χ2v) is 5.19. The number of hydrogen-bond donors (Lipinski definition) is 1. The summed E-state index contributed by atoms with van der Waals surface area (Å²) >= 11 is 0. The minimum Gasteiger partial charge on any atom is -0.356 e. The monoisotopic (exact) mass is 183 g/mol. The van der Waals surface area contributed by atoms with Gasteiger partial charge >= 0.3 is 0 Å². The molecule has 1 fully saturated rings. The van der Waals surface area contributed by atoms with Crippen LogP contribution in [0.5, 0.6) is 0 Å². The number of carbonyl (C=O) groups excluding carboxylic acids is 1. The molecule has 1 saturated heterocycles. The lowest BCUT2D eigenvalue weighted by Gasteiger charge is -2.35. The second-order valence-electron chi connectivity index (χ2n) is 5.19. The van der Waals surface area contributed by atoms with E-state index in [1.807, 2.05) is 0 Å². The van der Waals surface area contributed by atoms with E-state index in [0.29, 0.717) is 5.92 Å². The minimum absolute atomic E-state index is 0.230. The minimum atomic E-state index is 0.230. The van der Waals surface area contributed by atoms with Gasteiger partial charge in [0.25, 0.3) is 0 Å². The molecule has 1 N–H and O–H groups in total. The topological polar surface area (TPSA) is 29.1 Å². The van der Waals surface area contributed by atoms with Crippen LogP contribution in [0.4, 0.5) is 0 Å². The Morgan fingerprint density at radius 1 is 1.46 bits per heavy atom. The molecule has 0 saturated carbocycles. The van der Waals surface area contributed by atoms with Crippen molar-refractivity contribution in [2.24, 2.45) is 17.3 Å². The van der Waals surface area contributed by atoms with Crippen molar-refractivity contribution in [1.29, 1.82) is 0 Å². The number of amides is 1. The Bertz CT molecular complexity index is 193. The predicted octanol–water partition coefficient (Wildman–Crippen LogP) is 2.19. The van der Waals surface area contributed by atoms with Crippen LogP contribution in [0.15, 0.2) is 0 Å². The number of hydrogen-bond acceptors (Lipinski definition) is 1. The molecule has 0 radical (unpaired) electrons. The van der Waals surface area contributed by atoms with Crippen LogP contribution in [0.25, 0.3) is 0 Å². The van der Waals surface area contributed by atoms with Crippen LogP contribution in [0, 0.1) is 17.3 Å². The summed E-state index contributed by atoms with van der Waals surface area (Å²) in [6.45, 7) is 9.68. The van der Waals surface area contributed by atoms with E-state index in [9.17, 15) is 4.79 Å². The lowest BCUT2D eigenvalue weighted by atomic mass is 9.72. The maximum Gasteiger partial charge on any atom is 0.223 e. The van der Waals surface area contributed by atoms with Gasteiger partial charge in [-0.3, -0.25) is 4.79 Å². The Balaban J connectivity index is 2.64. The van der Waals surface area contributed by atoms with Crippen LogP contribution in [0.2, 0.25) is 0 Å². The summed E-state index contributed by atoms with van der Waals surface area (Å²) in [7, 11) is 0. The predicted molar refractivity (Wildman–Crippen MR) is 54.4 cm³/mol. The van der Waals surface area contributed by atoms with Gasteiger partial charge < -0.3 is 5.32 Å². The number of carbonyl (C=O) groups is 1. The van der Waals surface area contributed by atoms with E-state index < -0.39 is 0 Å². The Hall–Kier alpha value is -0.530. The Kier molecular flexibility index (Phi) is 2.99. The van der Waals surface area contributed by atoms with E-state index >= 15 is 0 Å². The first-order valence-electron chi connectivity index (χ1n) is 5.20. The maximum absolute atomic E-state index is 11.6. The molecule has 0 aromatic carbocycles. The number of rotatable bonds is 1. The summed E-state index contributed by atoms with van der Waals surface area (Å²) in [6.07, 6.45) is 2.20. The van der Waals surface area contributed by atoms with Crippen LogP contribution in [0.3, 0.4) is 0 Å². The molecular weight excluding hydrogens is 162 g/mol. The van der Waals surface area contributed by atoms with Gasteiger partial charge in [0.2, 0.25) is 5.91 Å². The van der Waals surface area contributed by atoms with Gasteiger partial charge in [-0.15, -0.1) is 0 Å². The quantitative estimate of drug-likeness (QED) is 0.663. The van der Waals surface area contributed by atoms with E-state index in [-0.39, 0.29) is 17.2 Å². The van der Waals surface area contributed by atoms with Gasteiger partial charge in [-0.05, 0) is 24.2 Å². The van der Waals surface area contributed by atoms with Crippen molar-refractivity contribution in [2.75, 3.05) is 6.54 Å². The van der Waals surface area contributed by atoms with E-state index in [2.05, 4.69) is 33.0 Å². The zero-order valence-corrected chi connectivity index (χ0v) is 9.18. The lowest BCUT2D eigenvalue weighted by molar-refractivity contribution is -0.129. The highest BCUT2D eigenvalue weighted by Gasteiger charge is 2.34. The molecule has 2 nitrogen and oxygen atoms in total. The molecular formula is C11H21NO. The van der Waals surface area contributed by atoms with Crippen molar-refractivity contribution in [3.8, 4) is 0 Å². The molecule has 1 aliphatic heterocycles. The van der Waals surface area contributed by atoms with Crippen LogP contribution in [-0.2, 0) is 4.79 Å². The average molecular weight is 183 g/mol. The smallest absolute Gasteiger partial charge is 0.223 e. The second kappa shape index (κ2) is 3.69. The van der Waals surface area contributed by atoms with Gasteiger partial charge in [0.05, 0.1) is 0 Å². The highest BCUT2D eigenvalue weighted by molar-refractivity contribution is 5.79. The summed E-state index contributed by atoms with van der Waals surface area (Å²) in [5, 5.41) is 2.95. The van der Waals surface area contributed by atoms with Crippen LogP contribution in [0.1, 0.15) is 40.5 Å². The summed E-state index contributed by atoms with van der Waals surface area (Å²) < 4.78 is 0. The summed E-state index contributed by atoms with van der Waals surface area (Å²) in [4.78, 5) is 11.6. The molecule has 76 valence electrons. The summed E-state index contributed by atoms with van der Waals surface area (Å²) in [6, 6.07) is 0. The highest BCUT2D eigenvalue weighted by atomic mass is 16.1. The van der Waals surface area contributed by atoms with E-state index in [4.69, 9.17) is 0 Å². The average Bonchev–Trinajstić information content (AvgIpc) is 2.02. The first-order valence-corrected chi connectivity index (χ1v) is 5.20. The molecule has 0 bridgehead atoms. The third-order valence-corrected chi connectivity index (χ3v) is 3.30. The molecule has 1 heterocycles. The molecule has 1 rings (SSSR count). The van der Waals surface area contributed by atoms with Crippen molar-refractivity contribution in [2.45, 2.75) is 40.5 Å². The molecule has 0 aromatic rings. The van der Waals surface area contributed by atoms with Crippen molar-refractivity contribution in [3.05, 3.63) is 0 Å². The van der Waals surface area contributed by atoms with Gasteiger partial charge in [0.1, 0.15) is 0 Å². The Labute approximate surface area is 81.1 Å². The van der Waals surface area contributed by atoms with Gasteiger partial charge in [0.15, 0.2) is 0 Å². The molecule has 0 spiro atoms. The Morgan fingerprint density at radius 2 is 2.08 bits per heavy atom. The molecule has 1 amide bonds. The van der Waals surface area contributed by atoms with Crippen LogP contribution in [-0.4, -0.2) is 12.5 Å². The van der Waals surface area contributed by atoms with Crippen molar-refractivity contribution >= 4 is 5.91 Å².